The summed E-state index contributed by atoms with van der Waals surface area (Å²) >= 11 is 0. The van der Waals surface area contributed by atoms with E-state index < -0.39 is 0 Å². The molecule has 1 aromatic rings. The number of nitrogens with one attached hydrogen (secondary N) is 1. The van der Waals surface area contributed by atoms with Crippen LogP contribution in [-0.4, -0.2) is 19.1 Å². The maximum absolute atomic E-state index is 11.2. The summed E-state index contributed by atoms with van der Waals surface area (Å²) in [6, 6.07) is 8.41. The van der Waals surface area contributed by atoms with Gasteiger partial charge in [-0.1, -0.05) is 43.2 Å². The van der Waals surface area contributed by atoms with Gasteiger partial charge in [0.15, 0.2) is 0 Å². The van der Waals surface area contributed by atoms with Gasteiger partial charge in [-0.25, -0.2) is 0 Å². The lowest BCUT2D eigenvalue weighted by atomic mass is 10.1. The molecule has 1 rings (SSSR count). The third-order valence-electron chi connectivity index (χ3n) is 2.73. The molecule has 0 spiro atoms. The van der Waals surface area contributed by atoms with E-state index in [0.29, 0.717) is 19.6 Å². The Balaban J connectivity index is 2.05. The topological polar surface area (TPSA) is 38.3 Å². The molecule has 0 bridgehead atoms. The van der Waals surface area contributed by atoms with E-state index in [9.17, 15) is 4.79 Å². The molecule has 0 saturated carbocycles. The van der Waals surface area contributed by atoms with Gasteiger partial charge in [0.25, 0.3) is 0 Å². The van der Waals surface area contributed by atoms with Crippen LogP contribution in [0.2, 0.25) is 0 Å². The van der Waals surface area contributed by atoms with E-state index in [0.717, 1.165) is 19.4 Å². The summed E-state index contributed by atoms with van der Waals surface area (Å²) in [6.07, 6.45) is 2.48. The molecule has 0 aromatic heterocycles. The second-order valence-corrected chi connectivity index (χ2v) is 4.49. The van der Waals surface area contributed by atoms with Crippen molar-refractivity contribution in [3.05, 3.63) is 35.4 Å². The number of carbonyl (C=O) groups excluding carboxylic acids is 1. The van der Waals surface area contributed by atoms with E-state index in [4.69, 9.17) is 4.74 Å². The van der Waals surface area contributed by atoms with Gasteiger partial charge in [0.05, 0.1) is 0 Å². The Morgan fingerprint density at radius 2 is 2.00 bits per heavy atom. The lowest BCUT2D eigenvalue weighted by Crippen LogP contribution is -2.21. The van der Waals surface area contributed by atoms with Crippen molar-refractivity contribution in [2.75, 3.05) is 13.2 Å². The van der Waals surface area contributed by atoms with Crippen molar-refractivity contribution in [3.8, 4) is 0 Å². The van der Waals surface area contributed by atoms with Crippen molar-refractivity contribution in [1.82, 2.24) is 5.32 Å². The van der Waals surface area contributed by atoms with Crippen LogP contribution in [0.25, 0.3) is 0 Å². The highest BCUT2D eigenvalue weighted by atomic mass is 16.5. The SMILES string of the molecule is CCCCC(=O)OCCNCc1ccc(C)cc1. The molecule has 0 aliphatic heterocycles. The molecule has 0 amide bonds. The van der Waals surface area contributed by atoms with Crippen LogP contribution in [0.1, 0.15) is 37.3 Å². The molecule has 1 aromatic carbocycles. The molecule has 3 heteroatoms. The van der Waals surface area contributed by atoms with Crippen molar-refractivity contribution in [3.63, 3.8) is 0 Å². The van der Waals surface area contributed by atoms with Gasteiger partial charge in [0.1, 0.15) is 6.61 Å². The molecule has 3 nitrogen and oxygen atoms in total. The molecule has 0 saturated heterocycles. The Morgan fingerprint density at radius 3 is 2.67 bits per heavy atom. The standard InChI is InChI=1S/C15H23NO2/c1-3-4-5-15(17)18-11-10-16-12-14-8-6-13(2)7-9-14/h6-9,16H,3-5,10-12H2,1-2H3. The molecule has 0 heterocycles. The average molecular weight is 249 g/mol. The molecule has 0 aliphatic rings. The van der Waals surface area contributed by atoms with Crippen LogP contribution in [0, 0.1) is 6.92 Å². The number of hydrogen-bond donors (Lipinski definition) is 1. The Kier molecular flexibility index (Phi) is 7.11. The lowest BCUT2D eigenvalue weighted by Gasteiger charge is -2.06. The molecule has 0 atom stereocenters. The fourth-order valence-electron chi connectivity index (χ4n) is 1.57. The quantitative estimate of drug-likeness (QED) is 0.568. The van der Waals surface area contributed by atoms with Crippen LogP contribution in [-0.2, 0) is 16.1 Å². The fourth-order valence-corrected chi connectivity index (χ4v) is 1.57. The van der Waals surface area contributed by atoms with Crippen LogP contribution in [0.4, 0.5) is 0 Å². The van der Waals surface area contributed by atoms with Crippen molar-refractivity contribution in [2.45, 2.75) is 39.7 Å². The molecule has 100 valence electrons. The largest absolute Gasteiger partial charge is 0.464 e. The first-order valence-electron chi connectivity index (χ1n) is 6.64. The summed E-state index contributed by atoms with van der Waals surface area (Å²) in [5.74, 6) is -0.0889. The zero-order valence-electron chi connectivity index (χ0n) is 11.4. The van der Waals surface area contributed by atoms with E-state index in [1.807, 2.05) is 0 Å². The monoisotopic (exact) mass is 249 g/mol. The van der Waals surface area contributed by atoms with E-state index >= 15 is 0 Å². The van der Waals surface area contributed by atoms with Gasteiger partial charge in [-0.2, -0.15) is 0 Å². The number of carbonyl (C=O) groups is 1. The highest BCUT2D eigenvalue weighted by molar-refractivity contribution is 5.69. The third kappa shape index (κ3) is 6.40. The Labute approximate surface area is 110 Å². The Morgan fingerprint density at radius 1 is 1.28 bits per heavy atom. The number of ether oxygens (including phenoxy) is 1. The summed E-state index contributed by atoms with van der Waals surface area (Å²) in [6.45, 7) is 6.11. The van der Waals surface area contributed by atoms with Gasteiger partial charge in [0, 0.05) is 19.5 Å². The van der Waals surface area contributed by atoms with E-state index in [2.05, 4.69) is 43.4 Å². The van der Waals surface area contributed by atoms with Crippen molar-refractivity contribution in [1.29, 1.82) is 0 Å². The van der Waals surface area contributed by atoms with E-state index in [1.165, 1.54) is 11.1 Å². The summed E-state index contributed by atoms with van der Waals surface area (Å²) in [4.78, 5) is 11.2. The first kappa shape index (κ1) is 14.7. The van der Waals surface area contributed by atoms with Crippen LogP contribution in [0.3, 0.4) is 0 Å². The molecular formula is C15H23NO2. The molecule has 1 N–H and O–H groups in total. The average Bonchev–Trinajstić information content (AvgIpc) is 2.38. The zero-order valence-corrected chi connectivity index (χ0v) is 11.4. The van der Waals surface area contributed by atoms with Crippen molar-refractivity contribution < 1.29 is 9.53 Å². The molecule has 0 fully saturated rings. The van der Waals surface area contributed by atoms with Gasteiger partial charge in [-0.15, -0.1) is 0 Å². The summed E-state index contributed by atoms with van der Waals surface area (Å²) < 4.78 is 5.10. The normalized spacial score (nSPS) is 10.3. The number of hydrogen-bond acceptors (Lipinski definition) is 3. The predicted octanol–water partition coefficient (Wildman–Crippen LogP) is 2.82. The maximum Gasteiger partial charge on any atom is 0.305 e. The number of rotatable bonds is 8. The second kappa shape index (κ2) is 8.70. The summed E-state index contributed by atoms with van der Waals surface area (Å²) in [7, 11) is 0. The van der Waals surface area contributed by atoms with Gasteiger partial charge < -0.3 is 10.1 Å². The van der Waals surface area contributed by atoms with Gasteiger partial charge in [-0.05, 0) is 18.9 Å². The third-order valence-corrected chi connectivity index (χ3v) is 2.73. The summed E-state index contributed by atoms with van der Waals surface area (Å²) in [5, 5.41) is 3.26. The number of aryl methyl sites for hydroxylation is 1. The van der Waals surface area contributed by atoms with Gasteiger partial charge >= 0.3 is 5.97 Å². The molecular weight excluding hydrogens is 226 g/mol. The van der Waals surface area contributed by atoms with Crippen molar-refractivity contribution >= 4 is 5.97 Å². The maximum atomic E-state index is 11.2. The van der Waals surface area contributed by atoms with Crippen LogP contribution < -0.4 is 5.32 Å². The first-order valence-corrected chi connectivity index (χ1v) is 6.64. The minimum atomic E-state index is -0.0889. The van der Waals surface area contributed by atoms with Crippen LogP contribution in [0.15, 0.2) is 24.3 Å². The highest BCUT2D eigenvalue weighted by Crippen LogP contribution is 2.02. The number of esters is 1. The van der Waals surface area contributed by atoms with Crippen LogP contribution in [0.5, 0.6) is 0 Å². The smallest absolute Gasteiger partial charge is 0.305 e. The van der Waals surface area contributed by atoms with E-state index in [-0.39, 0.29) is 5.97 Å². The molecule has 0 radical (unpaired) electrons. The predicted molar refractivity (Wildman–Crippen MR) is 73.4 cm³/mol. The minimum absolute atomic E-state index is 0.0889. The van der Waals surface area contributed by atoms with Crippen LogP contribution >= 0.6 is 0 Å². The highest BCUT2D eigenvalue weighted by Gasteiger charge is 2.00. The van der Waals surface area contributed by atoms with Gasteiger partial charge in [-0.3, -0.25) is 4.79 Å². The Bertz CT molecular complexity index is 346. The minimum Gasteiger partial charge on any atom is -0.464 e. The number of unbranched alkanes of at least 4 members (excludes halogenated alkanes) is 1. The molecule has 0 aliphatic carbocycles. The molecule has 0 unspecified atom stereocenters. The van der Waals surface area contributed by atoms with E-state index in [1.54, 1.807) is 0 Å². The molecule has 18 heavy (non-hydrogen) atoms. The summed E-state index contributed by atoms with van der Waals surface area (Å²) in [5.41, 5.74) is 2.52. The number of benzene rings is 1. The first-order chi connectivity index (χ1) is 8.72. The lowest BCUT2D eigenvalue weighted by molar-refractivity contribution is -0.143. The Hall–Kier alpha value is -1.35. The van der Waals surface area contributed by atoms with Gasteiger partial charge in [0.2, 0.25) is 0 Å². The fraction of sp³-hybridized carbons (Fsp3) is 0.533. The zero-order chi connectivity index (χ0) is 13.2. The second-order valence-electron chi connectivity index (χ2n) is 4.49. The van der Waals surface area contributed by atoms with Crippen molar-refractivity contribution in [2.24, 2.45) is 0 Å².